The van der Waals surface area contributed by atoms with E-state index in [0.29, 0.717) is 22.7 Å². The fraction of sp³-hybridized carbons (Fsp3) is 0.400. The van der Waals surface area contributed by atoms with Gasteiger partial charge in [-0.25, -0.2) is 4.79 Å². The maximum absolute atomic E-state index is 13.9. The molecule has 244 valence electrons. The molecule has 3 aromatic carbocycles. The summed E-state index contributed by atoms with van der Waals surface area (Å²) in [6, 6.07) is 17.1. The van der Waals surface area contributed by atoms with Crippen molar-refractivity contribution in [3.8, 4) is 5.75 Å². The first-order valence-corrected chi connectivity index (χ1v) is 15.7. The molecule has 0 heterocycles. The van der Waals surface area contributed by atoms with Crippen molar-refractivity contribution in [3.63, 3.8) is 0 Å². The molecule has 0 bridgehead atoms. The zero-order valence-corrected chi connectivity index (χ0v) is 25.4. The Labute approximate surface area is 265 Å². The van der Waals surface area contributed by atoms with Crippen LogP contribution in [-0.2, 0) is 17.5 Å². The number of ether oxygens (including phenoxy) is 1. The molecule has 3 aromatic rings. The third-order valence-corrected chi connectivity index (χ3v) is 8.42. The third-order valence-electron chi connectivity index (χ3n) is 8.42. The van der Waals surface area contributed by atoms with Gasteiger partial charge in [-0.15, -0.1) is 0 Å². The Morgan fingerprint density at radius 3 is 2.22 bits per heavy atom. The topological polar surface area (TPSA) is 108 Å². The molecule has 2 fully saturated rings. The highest BCUT2D eigenvalue weighted by atomic mass is 19.4. The summed E-state index contributed by atoms with van der Waals surface area (Å²) in [5.74, 6) is -0.974. The molecule has 3 amide bonds. The number of nitrogens with zero attached hydrogens (tertiary/aromatic N) is 1. The van der Waals surface area contributed by atoms with Gasteiger partial charge < -0.3 is 20.5 Å². The molecule has 0 aliphatic heterocycles. The third kappa shape index (κ3) is 9.02. The maximum atomic E-state index is 13.9. The van der Waals surface area contributed by atoms with Crippen molar-refractivity contribution in [2.75, 3.05) is 23.4 Å². The number of aliphatic carboxylic acids is 1. The van der Waals surface area contributed by atoms with Crippen LogP contribution in [0.2, 0.25) is 0 Å². The Morgan fingerprint density at radius 1 is 0.891 bits per heavy atom. The average Bonchev–Trinajstić information content (AvgIpc) is 3.88. The van der Waals surface area contributed by atoms with Crippen LogP contribution in [0, 0.1) is 5.92 Å². The number of hydrogen-bond acceptors (Lipinski definition) is 4. The van der Waals surface area contributed by atoms with E-state index in [9.17, 15) is 27.6 Å². The molecule has 11 heteroatoms. The van der Waals surface area contributed by atoms with Gasteiger partial charge in [-0.05, 0) is 91.1 Å². The molecular formula is C35H38F3N3O5. The fourth-order valence-corrected chi connectivity index (χ4v) is 5.61. The van der Waals surface area contributed by atoms with Gasteiger partial charge in [-0.3, -0.25) is 14.5 Å². The van der Waals surface area contributed by atoms with E-state index in [0.717, 1.165) is 31.7 Å². The van der Waals surface area contributed by atoms with Gasteiger partial charge in [0.2, 0.25) is 0 Å². The van der Waals surface area contributed by atoms with Crippen molar-refractivity contribution < 1.29 is 37.4 Å². The van der Waals surface area contributed by atoms with Crippen molar-refractivity contribution >= 4 is 29.3 Å². The number of nitrogens with one attached hydrogen (secondary N) is 2. The Hall–Kier alpha value is -4.54. The van der Waals surface area contributed by atoms with Gasteiger partial charge in [-0.2, -0.15) is 13.2 Å². The lowest BCUT2D eigenvalue weighted by molar-refractivity contribution is -0.139. The van der Waals surface area contributed by atoms with E-state index >= 15 is 0 Å². The van der Waals surface area contributed by atoms with Crippen molar-refractivity contribution in [1.82, 2.24) is 5.32 Å². The molecule has 0 spiro atoms. The largest absolute Gasteiger partial charge is 0.493 e. The minimum atomic E-state index is -4.67. The Kier molecular flexibility index (Phi) is 10.5. The number of urea groups is 1. The summed E-state index contributed by atoms with van der Waals surface area (Å²) >= 11 is 0. The summed E-state index contributed by atoms with van der Waals surface area (Å²) in [6.07, 6.45) is 2.82. The standard InChI is InChI=1S/C35H38F3N3O5/c36-35(37,38)30-20-28(14-17-31(30)46-22-24-6-7-24)40-34(45)41(29-15-12-26(13-16-29)25-4-2-1-3-5-25)21-23-8-10-27(11-9-23)33(44)39-19-18-32(42)43/h8-17,20,24-25H,1-7,18-19,21-22H2,(H,39,44)(H,40,45)(H,42,43). The van der Waals surface area contributed by atoms with Gasteiger partial charge >= 0.3 is 18.2 Å². The van der Waals surface area contributed by atoms with Gasteiger partial charge in [0.1, 0.15) is 5.75 Å². The van der Waals surface area contributed by atoms with Crippen LogP contribution in [0.5, 0.6) is 5.75 Å². The Balaban J connectivity index is 1.35. The average molecular weight is 638 g/mol. The first kappa shape index (κ1) is 32.8. The lowest BCUT2D eigenvalue weighted by atomic mass is 9.84. The minimum Gasteiger partial charge on any atom is -0.493 e. The minimum absolute atomic E-state index is 0.00953. The van der Waals surface area contributed by atoms with Crippen LogP contribution in [0.25, 0.3) is 0 Å². The molecule has 46 heavy (non-hydrogen) atoms. The fourth-order valence-electron chi connectivity index (χ4n) is 5.61. The van der Waals surface area contributed by atoms with Gasteiger partial charge in [0, 0.05) is 23.5 Å². The number of halogens is 3. The highest BCUT2D eigenvalue weighted by Gasteiger charge is 2.35. The number of carbonyl (C=O) groups excluding carboxylic acids is 2. The highest BCUT2D eigenvalue weighted by Crippen LogP contribution is 2.39. The van der Waals surface area contributed by atoms with E-state index in [1.165, 1.54) is 41.9 Å². The lowest BCUT2D eigenvalue weighted by Gasteiger charge is -2.26. The molecule has 2 aliphatic rings. The smallest absolute Gasteiger partial charge is 0.420 e. The first-order valence-electron chi connectivity index (χ1n) is 15.7. The molecule has 0 saturated heterocycles. The van der Waals surface area contributed by atoms with E-state index in [4.69, 9.17) is 9.84 Å². The van der Waals surface area contributed by atoms with E-state index in [2.05, 4.69) is 10.6 Å². The molecular weight excluding hydrogens is 599 g/mol. The maximum Gasteiger partial charge on any atom is 0.420 e. The van der Waals surface area contributed by atoms with Crippen molar-refractivity contribution in [3.05, 3.63) is 89.0 Å². The van der Waals surface area contributed by atoms with Gasteiger partial charge in [0.05, 0.1) is 25.1 Å². The number of rotatable bonds is 12. The highest BCUT2D eigenvalue weighted by molar-refractivity contribution is 6.02. The van der Waals surface area contributed by atoms with E-state index in [1.54, 1.807) is 24.3 Å². The molecule has 0 radical (unpaired) electrons. The molecule has 0 unspecified atom stereocenters. The second-order valence-electron chi connectivity index (χ2n) is 12.0. The van der Waals surface area contributed by atoms with Gasteiger partial charge in [0.15, 0.2) is 0 Å². The molecule has 0 aromatic heterocycles. The predicted octanol–water partition coefficient (Wildman–Crippen LogP) is 7.99. The zero-order valence-electron chi connectivity index (χ0n) is 25.4. The number of hydrogen-bond donors (Lipinski definition) is 3. The SMILES string of the molecule is O=C(O)CCNC(=O)c1ccc(CN(C(=O)Nc2ccc(OCC3CC3)c(C(F)(F)F)c2)c2ccc(C3CCCCC3)cc2)cc1. The quantitative estimate of drug-likeness (QED) is 0.187. The normalized spacial score (nSPS) is 15.2. The van der Waals surface area contributed by atoms with Crippen molar-refractivity contribution in [1.29, 1.82) is 0 Å². The van der Waals surface area contributed by atoms with Crippen LogP contribution < -0.4 is 20.3 Å². The summed E-state index contributed by atoms with van der Waals surface area (Å²) in [6.45, 7) is 0.289. The number of alkyl halides is 3. The van der Waals surface area contributed by atoms with E-state index in [-0.39, 0.29) is 43.5 Å². The number of anilines is 2. The van der Waals surface area contributed by atoms with Crippen LogP contribution in [0.15, 0.2) is 66.7 Å². The molecule has 0 atom stereocenters. The summed E-state index contributed by atoms with van der Waals surface area (Å²) in [7, 11) is 0. The summed E-state index contributed by atoms with van der Waals surface area (Å²) < 4.78 is 47.3. The van der Waals surface area contributed by atoms with E-state index in [1.807, 2.05) is 24.3 Å². The second-order valence-corrected chi connectivity index (χ2v) is 12.0. The summed E-state index contributed by atoms with van der Waals surface area (Å²) in [5.41, 5.74) is 1.78. The molecule has 2 saturated carbocycles. The van der Waals surface area contributed by atoms with Gasteiger partial charge in [0.25, 0.3) is 5.91 Å². The van der Waals surface area contributed by atoms with Crippen molar-refractivity contribution in [2.45, 2.75) is 70.0 Å². The second kappa shape index (κ2) is 14.7. The molecule has 2 aliphatic carbocycles. The summed E-state index contributed by atoms with van der Waals surface area (Å²) in [5, 5.41) is 14.0. The molecule has 8 nitrogen and oxygen atoms in total. The summed E-state index contributed by atoms with van der Waals surface area (Å²) in [4.78, 5) is 38.3. The lowest BCUT2D eigenvalue weighted by Crippen LogP contribution is -2.34. The van der Waals surface area contributed by atoms with E-state index < -0.39 is 29.6 Å². The number of carbonyl (C=O) groups is 3. The van der Waals surface area contributed by atoms with Crippen LogP contribution in [0.3, 0.4) is 0 Å². The van der Waals surface area contributed by atoms with Crippen LogP contribution in [0.4, 0.5) is 29.3 Å². The van der Waals surface area contributed by atoms with Crippen LogP contribution >= 0.6 is 0 Å². The van der Waals surface area contributed by atoms with Crippen molar-refractivity contribution in [2.24, 2.45) is 5.92 Å². The monoisotopic (exact) mass is 637 g/mol. The molecule has 3 N–H and O–H groups in total. The molecule has 5 rings (SSSR count). The number of carboxylic acids is 1. The predicted molar refractivity (Wildman–Crippen MR) is 168 cm³/mol. The van der Waals surface area contributed by atoms with Crippen LogP contribution in [0.1, 0.15) is 84.3 Å². The first-order chi connectivity index (χ1) is 22.1. The number of amides is 3. The van der Waals surface area contributed by atoms with Gasteiger partial charge in [-0.1, -0.05) is 43.5 Å². The number of benzene rings is 3. The Morgan fingerprint density at radius 2 is 1.59 bits per heavy atom. The number of carboxylic acid groups (broad SMARTS) is 1. The Bertz CT molecular complexity index is 1520. The van der Waals surface area contributed by atoms with Crippen LogP contribution in [-0.4, -0.2) is 36.2 Å². The zero-order chi connectivity index (χ0) is 32.7.